The van der Waals surface area contributed by atoms with E-state index in [2.05, 4.69) is 20.5 Å². The molecule has 144 valence electrons. The molecular formula is C22H18N4O3. The lowest BCUT2D eigenvalue weighted by atomic mass is 10.1. The maximum absolute atomic E-state index is 12.4. The Morgan fingerprint density at radius 2 is 1.45 bits per heavy atom. The molecule has 2 N–H and O–H groups in total. The smallest absolute Gasteiger partial charge is 0.279 e. The number of benzene rings is 3. The Morgan fingerprint density at radius 3 is 2.10 bits per heavy atom. The Labute approximate surface area is 167 Å². The summed E-state index contributed by atoms with van der Waals surface area (Å²) in [7, 11) is 1.59. The van der Waals surface area contributed by atoms with Crippen LogP contribution in [0, 0.1) is 0 Å². The standard InChI is InChI=1S/C22H18N4O3/c1-28-17-11-7-15(8-12-17)20-21(27)24-22(26-25-20)23-16-9-13-19(14-10-16)29-18-5-3-2-4-6-18/h2-14H,1H3,(H2,23,24,26,27). The first-order chi connectivity index (χ1) is 14.2. The van der Waals surface area contributed by atoms with Crippen molar-refractivity contribution < 1.29 is 9.47 Å². The van der Waals surface area contributed by atoms with Crippen LogP contribution in [0.2, 0.25) is 0 Å². The second-order valence-corrected chi connectivity index (χ2v) is 6.14. The molecule has 0 aliphatic heterocycles. The van der Waals surface area contributed by atoms with E-state index in [0.717, 1.165) is 11.4 Å². The summed E-state index contributed by atoms with van der Waals surface area (Å²) in [4.78, 5) is 15.1. The van der Waals surface area contributed by atoms with Crippen LogP contribution in [0.25, 0.3) is 11.3 Å². The van der Waals surface area contributed by atoms with Crippen molar-refractivity contribution in [3.8, 4) is 28.5 Å². The lowest BCUT2D eigenvalue weighted by Gasteiger charge is -2.08. The number of rotatable bonds is 6. The molecule has 1 aromatic heterocycles. The number of hydrogen-bond acceptors (Lipinski definition) is 6. The average Bonchev–Trinajstić information content (AvgIpc) is 2.76. The summed E-state index contributed by atoms with van der Waals surface area (Å²) < 4.78 is 10.9. The van der Waals surface area contributed by atoms with E-state index in [1.807, 2.05) is 54.6 Å². The molecule has 0 aliphatic rings. The van der Waals surface area contributed by atoms with Gasteiger partial charge in [0, 0.05) is 11.3 Å². The van der Waals surface area contributed by atoms with E-state index in [1.165, 1.54) is 0 Å². The highest BCUT2D eigenvalue weighted by atomic mass is 16.5. The summed E-state index contributed by atoms with van der Waals surface area (Å²) in [5.41, 5.74) is 1.31. The van der Waals surface area contributed by atoms with Gasteiger partial charge in [-0.25, -0.2) is 0 Å². The van der Waals surface area contributed by atoms with E-state index in [9.17, 15) is 4.79 Å². The van der Waals surface area contributed by atoms with Crippen molar-refractivity contribution in [1.29, 1.82) is 0 Å². The second-order valence-electron chi connectivity index (χ2n) is 6.14. The van der Waals surface area contributed by atoms with Crippen LogP contribution in [-0.4, -0.2) is 22.3 Å². The first kappa shape index (κ1) is 18.2. The SMILES string of the molecule is COc1ccc(-c2nnc(Nc3ccc(Oc4ccccc4)cc3)[nH]c2=O)cc1. The summed E-state index contributed by atoms with van der Waals surface area (Å²) >= 11 is 0. The van der Waals surface area contributed by atoms with E-state index in [-0.39, 0.29) is 17.2 Å². The summed E-state index contributed by atoms with van der Waals surface area (Å²) in [6, 6.07) is 23.9. The second kappa shape index (κ2) is 8.26. The molecule has 0 amide bonds. The number of methoxy groups -OCH3 is 1. The maximum Gasteiger partial charge on any atom is 0.279 e. The molecule has 0 saturated carbocycles. The van der Waals surface area contributed by atoms with Gasteiger partial charge in [0.25, 0.3) is 5.56 Å². The van der Waals surface area contributed by atoms with Crippen LogP contribution in [-0.2, 0) is 0 Å². The van der Waals surface area contributed by atoms with Crippen molar-refractivity contribution in [2.24, 2.45) is 0 Å². The number of para-hydroxylation sites is 1. The minimum Gasteiger partial charge on any atom is -0.497 e. The van der Waals surface area contributed by atoms with Gasteiger partial charge in [0.1, 0.15) is 17.2 Å². The molecule has 0 saturated heterocycles. The quantitative estimate of drug-likeness (QED) is 0.511. The van der Waals surface area contributed by atoms with E-state index in [1.54, 1.807) is 31.4 Å². The maximum atomic E-state index is 12.4. The molecule has 1 heterocycles. The number of aromatic amines is 1. The van der Waals surface area contributed by atoms with Crippen molar-refractivity contribution in [2.45, 2.75) is 0 Å². The number of anilines is 2. The Kier molecular flexibility index (Phi) is 5.20. The topological polar surface area (TPSA) is 89.1 Å². The molecule has 7 nitrogen and oxygen atoms in total. The molecule has 0 radical (unpaired) electrons. The molecule has 0 spiro atoms. The zero-order chi connectivity index (χ0) is 20.1. The van der Waals surface area contributed by atoms with Gasteiger partial charge in [-0.05, 0) is 60.7 Å². The first-order valence-corrected chi connectivity index (χ1v) is 8.93. The lowest BCUT2D eigenvalue weighted by molar-refractivity contribution is 0.415. The van der Waals surface area contributed by atoms with Gasteiger partial charge in [0.05, 0.1) is 7.11 Å². The fourth-order valence-corrected chi connectivity index (χ4v) is 2.70. The van der Waals surface area contributed by atoms with Gasteiger partial charge in [-0.1, -0.05) is 18.2 Å². The Hall–Kier alpha value is -4.13. The van der Waals surface area contributed by atoms with Gasteiger partial charge >= 0.3 is 0 Å². The number of H-pyrrole nitrogens is 1. The number of aromatic nitrogens is 3. The molecule has 7 heteroatoms. The van der Waals surface area contributed by atoms with Crippen LogP contribution in [0.4, 0.5) is 11.6 Å². The van der Waals surface area contributed by atoms with Crippen LogP contribution in [0.5, 0.6) is 17.2 Å². The van der Waals surface area contributed by atoms with Gasteiger partial charge in [-0.2, -0.15) is 0 Å². The highest BCUT2D eigenvalue weighted by Crippen LogP contribution is 2.23. The van der Waals surface area contributed by atoms with Crippen molar-refractivity contribution in [3.05, 3.63) is 89.2 Å². The highest BCUT2D eigenvalue weighted by molar-refractivity contribution is 5.60. The average molecular weight is 386 g/mol. The minimum absolute atomic E-state index is 0.241. The third-order valence-electron chi connectivity index (χ3n) is 4.16. The molecule has 3 aromatic carbocycles. The highest BCUT2D eigenvalue weighted by Gasteiger charge is 2.08. The van der Waals surface area contributed by atoms with Crippen molar-refractivity contribution in [2.75, 3.05) is 12.4 Å². The molecule has 29 heavy (non-hydrogen) atoms. The Balaban J connectivity index is 1.46. The minimum atomic E-state index is -0.336. The molecule has 0 fully saturated rings. The zero-order valence-corrected chi connectivity index (χ0v) is 15.6. The fraction of sp³-hybridized carbons (Fsp3) is 0.0455. The predicted molar refractivity (Wildman–Crippen MR) is 111 cm³/mol. The van der Waals surface area contributed by atoms with Gasteiger partial charge in [0.15, 0.2) is 5.69 Å². The predicted octanol–water partition coefficient (Wildman–Crippen LogP) is 4.38. The molecule has 0 unspecified atom stereocenters. The summed E-state index contributed by atoms with van der Waals surface area (Å²) in [6.45, 7) is 0. The van der Waals surface area contributed by atoms with Gasteiger partial charge < -0.3 is 14.8 Å². The number of ether oxygens (including phenoxy) is 2. The van der Waals surface area contributed by atoms with E-state index >= 15 is 0 Å². The van der Waals surface area contributed by atoms with Crippen LogP contribution < -0.4 is 20.3 Å². The van der Waals surface area contributed by atoms with E-state index < -0.39 is 0 Å². The molecule has 0 bridgehead atoms. The van der Waals surface area contributed by atoms with Gasteiger partial charge in [-0.15, -0.1) is 10.2 Å². The number of hydrogen-bond donors (Lipinski definition) is 2. The van der Waals surface area contributed by atoms with E-state index in [0.29, 0.717) is 17.1 Å². The molecule has 4 rings (SSSR count). The van der Waals surface area contributed by atoms with Gasteiger partial charge in [-0.3, -0.25) is 9.78 Å². The summed E-state index contributed by atoms with van der Waals surface area (Å²) in [6.07, 6.45) is 0. The Morgan fingerprint density at radius 1 is 0.793 bits per heavy atom. The number of nitrogens with zero attached hydrogens (tertiary/aromatic N) is 2. The molecule has 0 atom stereocenters. The largest absolute Gasteiger partial charge is 0.497 e. The molecule has 4 aromatic rings. The van der Waals surface area contributed by atoms with Crippen LogP contribution in [0.1, 0.15) is 0 Å². The molecule has 0 aliphatic carbocycles. The first-order valence-electron chi connectivity index (χ1n) is 8.93. The van der Waals surface area contributed by atoms with Crippen molar-refractivity contribution in [3.63, 3.8) is 0 Å². The van der Waals surface area contributed by atoms with Crippen LogP contribution >= 0.6 is 0 Å². The van der Waals surface area contributed by atoms with Gasteiger partial charge in [0.2, 0.25) is 5.95 Å². The van der Waals surface area contributed by atoms with E-state index in [4.69, 9.17) is 9.47 Å². The van der Waals surface area contributed by atoms with Crippen molar-refractivity contribution in [1.82, 2.24) is 15.2 Å². The number of nitrogens with one attached hydrogen (secondary N) is 2. The summed E-state index contributed by atoms with van der Waals surface area (Å²) in [5, 5.41) is 11.1. The lowest BCUT2D eigenvalue weighted by Crippen LogP contribution is -2.15. The Bertz CT molecular complexity index is 1140. The van der Waals surface area contributed by atoms with Crippen LogP contribution in [0.15, 0.2) is 83.7 Å². The van der Waals surface area contributed by atoms with Crippen molar-refractivity contribution >= 4 is 11.6 Å². The third kappa shape index (κ3) is 4.41. The fourth-order valence-electron chi connectivity index (χ4n) is 2.70. The van der Waals surface area contributed by atoms with Crippen LogP contribution in [0.3, 0.4) is 0 Å². The zero-order valence-electron chi connectivity index (χ0n) is 15.6. The molecular weight excluding hydrogens is 368 g/mol. The normalized spacial score (nSPS) is 10.4. The third-order valence-corrected chi connectivity index (χ3v) is 4.16. The monoisotopic (exact) mass is 386 g/mol. The summed E-state index contributed by atoms with van der Waals surface area (Å²) in [5.74, 6) is 2.42.